The first-order valence-corrected chi connectivity index (χ1v) is 13.8. The highest BCUT2D eigenvalue weighted by Crippen LogP contribution is 2.57. The Hall–Kier alpha value is -3.07. The van der Waals surface area contributed by atoms with Crippen molar-refractivity contribution in [2.75, 3.05) is 0 Å². The molecule has 2 aliphatic rings. The Morgan fingerprint density at radius 2 is 1.50 bits per heavy atom. The van der Waals surface area contributed by atoms with Crippen LogP contribution in [0.25, 0.3) is 0 Å². The number of fused-ring (bicyclic) bond motifs is 1. The Morgan fingerprint density at radius 1 is 0.917 bits per heavy atom. The molecule has 5 rings (SSSR count). The standard InChI is InChI=1S/C28H30N2O5S/c1-20-15-17-23(18-16-20)36(34,35)29-26(22-12-6-3-7-13-22)27(30(32)33)25(21-10-4-2-5-11-21)24-14-8-9-19-28(24,29)31/h2-7,10-13,15-18,24-27,31H,8-9,14,19H2,1H3/t24-,25-,26-,27+,28+/m1/s1. The Morgan fingerprint density at radius 3 is 2.08 bits per heavy atom. The van der Waals surface area contributed by atoms with Crippen LogP contribution in [-0.2, 0) is 10.0 Å². The van der Waals surface area contributed by atoms with Gasteiger partial charge >= 0.3 is 0 Å². The summed E-state index contributed by atoms with van der Waals surface area (Å²) in [5.74, 6) is -1.27. The first-order chi connectivity index (χ1) is 17.2. The minimum atomic E-state index is -4.30. The van der Waals surface area contributed by atoms with E-state index in [9.17, 15) is 23.6 Å². The Kier molecular flexibility index (Phi) is 6.44. The molecular formula is C28H30N2O5S. The normalized spacial score (nSPS) is 28.8. The van der Waals surface area contributed by atoms with Gasteiger partial charge in [0.1, 0.15) is 11.8 Å². The number of sulfonamides is 1. The first-order valence-electron chi connectivity index (χ1n) is 12.3. The molecule has 2 fully saturated rings. The first kappa shape index (κ1) is 24.6. The summed E-state index contributed by atoms with van der Waals surface area (Å²) in [7, 11) is -4.30. The van der Waals surface area contributed by atoms with Gasteiger partial charge in [0.05, 0.1) is 10.8 Å². The Balaban J connectivity index is 1.80. The SMILES string of the molecule is Cc1ccc(S(=O)(=O)N2[C@H](c3ccccc3)[C@@H]([N+](=O)[O-])[C@H](c3ccccc3)[C@H]3CCCC[C@]32O)cc1. The third-order valence-electron chi connectivity index (χ3n) is 7.81. The van der Waals surface area contributed by atoms with Crippen LogP contribution < -0.4 is 0 Å². The second kappa shape index (κ2) is 9.42. The van der Waals surface area contributed by atoms with Gasteiger partial charge in [-0.25, -0.2) is 8.42 Å². The number of hydrogen-bond donors (Lipinski definition) is 1. The van der Waals surface area contributed by atoms with Crippen LogP contribution in [0.15, 0.2) is 89.8 Å². The van der Waals surface area contributed by atoms with E-state index in [2.05, 4.69) is 0 Å². The van der Waals surface area contributed by atoms with Crippen molar-refractivity contribution in [3.63, 3.8) is 0 Å². The van der Waals surface area contributed by atoms with Gasteiger partial charge in [-0.2, -0.15) is 4.31 Å². The fraction of sp³-hybridized carbons (Fsp3) is 0.357. The summed E-state index contributed by atoms with van der Waals surface area (Å²) >= 11 is 0. The highest BCUT2D eigenvalue weighted by molar-refractivity contribution is 7.89. The molecule has 0 amide bonds. The monoisotopic (exact) mass is 506 g/mol. The fourth-order valence-corrected chi connectivity index (χ4v) is 8.13. The number of benzene rings is 3. The predicted molar refractivity (Wildman–Crippen MR) is 136 cm³/mol. The number of aryl methyl sites for hydroxylation is 1. The molecule has 0 radical (unpaired) electrons. The van der Waals surface area contributed by atoms with Crippen molar-refractivity contribution in [1.82, 2.24) is 4.31 Å². The smallest absolute Gasteiger partial charge is 0.246 e. The zero-order valence-electron chi connectivity index (χ0n) is 20.1. The largest absolute Gasteiger partial charge is 0.374 e. The molecule has 1 saturated carbocycles. The van der Waals surface area contributed by atoms with Crippen LogP contribution >= 0.6 is 0 Å². The van der Waals surface area contributed by atoms with Gasteiger partial charge in [0.2, 0.25) is 16.1 Å². The molecule has 1 N–H and O–H groups in total. The molecule has 36 heavy (non-hydrogen) atoms. The molecule has 188 valence electrons. The molecule has 1 saturated heterocycles. The quantitative estimate of drug-likeness (QED) is 0.386. The summed E-state index contributed by atoms with van der Waals surface area (Å²) in [5.41, 5.74) is 0.370. The molecule has 3 aromatic rings. The molecule has 5 atom stereocenters. The maximum absolute atomic E-state index is 14.3. The molecule has 7 nitrogen and oxygen atoms in total. The van der Waals surface area contributed by atoms with Crippen LogP contribution in [0.3, 0.4) is 0 Å². The topological polar surface area (TPSA) is 101 Å². The summed E-state index contributed by atoms with van der Waals surface area (Å²) in [6.45, 7) is 1.86. The number of piperidine rings is 1. The zero-order valence-corrected chi connectivity index (χ0v) is 20.9. The van der Waals surface area contributed by atoms with Crippen molar-refractivity contribution in [1.29, 1.82) is 0 Å². The summed E-state index contributed by atoms with van der Waals surface area (Å²) in [6, 6.07) is 21.9. The van der Waals surface area contributed by atoms with Crippen molar-refractivity contribution < 1.29 is 18.4 Å². The summed E-state index contributed by atoms with van der Waals surface area (Å²) in [5, 5.41) is 25.2. The minimum absolute atomic E-state index is 0.0204. The van der Waals surface area contributed by atoms with Crippen LogP contribution in [0.4, 0.5) is 0 Å². The van der Waals surface area contributed by atoms with E-state index in [1.807, 2.05) is 37.3 Å². The van der Waals surface area contributed by atoms with E-state index in [-0.39, 0.29) is 16.2 Å². The molecular weight excluding hydrogens is 476 g/mol. The van der Waals surface area contributed by atoms with E-state index in [0.29, 0.717) is 18.4 Å². The lowest BCUT2D eigenvalue weighted by atomic mass is 9.63. The predicted octanol–water partition coefficient (Wildman–Crippen LogP) is 5.05. The average molecular weight is 507 g/mol. The lowest BCUT2D eigenvalue weighted by molar-refractivity contribution is -0.546. The van der Waals surface area contributed by atoms with Crippen LogP contribution in [0.1, 0.15) is 54.3 Å². The van der Waals surface area contributed by atoms with Crippen LogP contribution in [-0.4, -0.2) is 34.5 Å². The van der Waals surface area contributed by atoms with Crippen molar-refractivity contribution in [3.05, 3.63) is 112 Å². The average Bonchev–Trinajstić information content (AvgIpc) is 2.88. The number of nitrogens with zero attached hydrogens (tertiary/aromatic N) is 2. The zero-order chi connectivity index (χ0) is 25.5. The van der Waals surface area contributed by atoms with E-state index < -0.39 is 39.7 Å². The second-order valence-corrected chi connectivity index (χ2v) is 11.7. The van der Waals surface area contributed by atoms with Gasteiger partial charge in [-0.05, 0) is 49.4 Å². The number of nitro groups is 1. The van der Waals surface area contributed by atoms with Crippen molar-refractivity contribution in [2.24, 2.45) is 5.92 Å². The van der Waals surface area contributed by atoms with Gasteiger partial charge in [0.15, 0.2) is 0 Å². The van der Waals surface area contributed by atoms with Crippen LogP contribution in [0.2, 0.25) is 0 Å². The maximum atomic E-state index is 14.3. The highest BCUT2D eigenvalue weighted by Gasteiger charge is 2.66. The molecule has 0 bridgehead atoms. The summed E-state index contributed by atoms with van der Waals surface area (Å²) < 4.78 is 29.7. The molecule has 1 aliphatic heterocycles. The second-order valence-electron chi connectivity index (χ2n) is 9.91. The van der Waals surface area contributed by atoms with Crippen molar-refractivity contribution >= 4 is 10.0 Å². The molecule has 8 heteroatoms. The maximum Gasteiger partial charge on any atom is 0.246 e. The third-order valence-corrected chi connectivity index (χ3v) is 9.74. The number of hydrogen-bond acceptors (Lipinski definition) is 5. The van der Waals surface area contributed by atoms with E-state index in [1.54, 1.807) is 42.5 Å². The van der Waals surface area contributed by atoms with Crippen LogP contribution in [0.5, 0.6) is 0 Å². The van der Waals surface area contributed by atoms with Gasteiger partial charge in [0, 0.05) is 10.8 Å². The molecule has 1 aliphatic carbocycles. The van der Waals surface area contributed by atoms with E-state index in [0.717, 1.165) is 21.9 Å². The fourth-order valence-electron chi connectivity index (χ4n) is 6.24. The van der Waals surface area contributed by atoms with Gasteiger partial charge < -0.3 is 5.11 Å². The summed E-state index contributed by atoms with van der Waals surface area (Å²) in [4.78, 5) is 12.5. The third kappa shape index (κ3) is 4.03. The van der Waals surface area contributed by atoms with Gasteiger partial charge in [-0.15, -0.1) is 0 Å². The molecule has 0 spiro atoms. The van der Waals surface area contributed by atoms with Crippen molar-refractivity contribution in [3.8, 4) is 0 Å². The van der Waals surface area contributed by atoms with Gasteiger partial charge in [-0.3, -0.25) is 10.1 Å². The molecule has 1 heterocycles. The van der Waals surface area contributed by atoms with Crippen molar-refractivity contribution in [2.45, 2.75) is 61.2 Å². The van der Waals surface area contributed by atoms with Gasteiger partial charge in [0.25, 0.3) is 0 Å². The molecule has 0 unspecified atom stereocenters. The van der Waals surface area contributed by atoms with E-state index in [4.69, 9.17) is 0 Å². The lowest BCUT2D eigenvalue weighted by Gasteiger charge is -2.56. The Bertz CT molecular complexity index is 1330. The van der Waals surface area contributed by atoms with E-state index in [1.165, 1.54) is 12.1 Å². The van der Waals surface area contributed by atoms with Gasteiger partial charge in [-0.1, -0.05) is 84.8 Å². The number of rotatable bonds is 5. The summed E-state index contributed by atoms with van der Waals surface area (Å²) in [6.07, 6.45) is 2.13. The Labute approximate surface area is 211 Å². The lowest BCUT2D eigenvalue weighted by Crippen LogP contribution is -2.68. The minimum Gasteiger partial charge on any atom is -0.374 e. The number of aliphatic hydroxyl groups is 1. The van der Waals surface area contributed by atoms with Crippen LogP contribution in [0, 0.1) is 23.0 Å². The molecule has 3 aromatic carbocycles. The molecule has 0 aromatic heterocycles. The highest BCUT2D eigenvalue weighted by atomic mass is 32.2. The van der Waals surface area contributed by atoms with E-state index >= 15 is 0 Å².